The summed E-state index contributed by atoms with van der Waals surface area (Å²) in [4.78, 5) is 11.1. The third-order valence-electron chi connectivity index (χ3n) is 2.56. The average molecular weight is 215 g/mol. The van der Waals surface area contributed by atoms with Crippen LogP contribution in [0, 0.1) is 6.92 Å². The molecule has 3 heteroatoms. The Bertz CT molecular complexity index is 500. The lowest BCUT2D eigenvalue weighted by molar-refractivity contribution is 0.0685. The molecule has 0 aliphatic rings. The van der Waals surface area contributed by atoms with E-state index in [1.54, 1.807) is 4.57 Å². The Kier molecular flexibility index (Phi) is 2.77. The van der Waals surface area contributed by atoms with E-state index in [2.05, 4.69) is 0 Å². The number of rotatable bonds is 3. The molecule has 0 fully saturated rings. The highest BCUT2D eigenvalue weighted by molar-refractivity contribution is 5.87. The van der Waals surface area contributed by atoms with Crippen molar-refractivity contribution in [1.82, 2.24) is 4.57 Å². The zero-order chi connectivity index (χ0) is 11.5. The fourth-order valence-electron chi connectivity index (χ4n) is 1.79. The molecule has 0 atom stereocenters. The van der Waals surface area contributed by atoms with Crippen molar-refractivity contribution in [2.24, 2.45) is 0 Å². The number of hydrogen-bond acceptors (Lipinski definition) is 1. The lowest BCUT2D eigenvalue weighted by Gasteiger charge is -2.06. The van der Waals surface area contributed by atoms with Crippen LogP contribution in [0.5, 0.6) is 0 Å². The summed E-state index contributed by atoms with van der Waals surface area (Å²) in [6.45, 7) is 2.40. The predicted molar refractivity (Wildman–Crippen MR) is 61.7 cm³/mol. The lowest BCUT2D eigenvalue weighted by Crippen LogP contribution is -2.09. The first-order valence-corrected chi connectivity index (χ1v) is 5.11. The third-order valence-corrected chi connectivity index (χ3v) is 2.56. The van der Waals surface area contributed by atoms with Gasteiger partial charge in [-0.15, -0.1) is 0 Å². The molecule has 82 valence electrons. The number of nitrogens with zero attached hydrogens (tertiary/aromatic N) is 1. The molecule has 1 aromatic carbocycles. The summed E-state index contributed by atoms with van der Waals surface area (Å²) >= 11 is 0. The van der Waals surface area contributed by atoms with E-state index < -0.39 is 5.97 Å². The van der Waals surface area contributed by atoms with Crippen molar-refractivity contribution >= 4 is 5.97 Å². The van der Waals surface area contributed by atoms with Gasteiger partial charge in [-0.25, -0.2) is 4.79 Å². The normalized spacial score (nSPS) is 10.3. The second kappa shape index (κ2) is 4.23. The van der Waals surface area contributed by atoms with E-state index in [4.69, 9.17) is 5.11 Å². The van der Waals surface area contributed by atoms with Crippen LogP contribution < -0.4 is 0 Å². The predicted octanol–water partition coefficient (Wildman–Crippen LogP) is 2.54. The monoisotopic (exact) mass is 215 g/mol. The van der Waals surface area contributed by atoms with E-state index in [0.717, 1.165) is 11.1 Å². The molecule has 0 spiro atoms. The van der Waals surface area contributed by atoms with Gasteiger partial charge < -0.3 is 9.67 Å². The molecule has 2 rings (SSSR count). The molecule has 0 bridgehead atoms. The minimum atomic E-state index is -0.876. The summed E-state index contributed by atoms with van der Waals surface area (Å²) in [5.74, 6) is -0.876. The highest BCUT2D eigenvalue weighted by atomic mass is 16.4. The van der Waals surface area contributed by atoms with Gasteiger partial charge in [0.2, 0.25) is 0 Å². The lowest BCUT2D eigenvalue weighted by atomic mass is 10.2. The molecule has 0 saturated carbocycles. The van der Waals surface area contributed by atoms with E-state index in [0.29, 0.717) is 12.2 Å². The van der Waals surface area contributed by atoms with Gasteiger partial charge in [-0.05, 0) is 24.1 Å². The molecule has 2 aromatic rings. The van der Waals surface area contributed by atoms with E-state index >= 15 is 0 Å². The second-order valence-corrected chi connectivity index (χ2v) is 3.77. The van der Waals surface area contributed by atoms with Crippen LogP contribution in [0.4, 0.5) is 0 Å². The molecule has 1 heterocycles. The first-order valence-electron chi connectivity index (χ1n) is 5.11. The van der Waals surface area contributed by atoms with E-state index in [9.17, 15) is 4.79 Å². The van der Waals surface area contributed by atoms with Gasteiger partial charge in [0.05, 0.1) is 0 Å². The van der Waals surface area contributed by atoms with Crippen molar-refractivity contribution in [2.45, 2.75) is 13.5 Å². The van der Waals surface area contributed by atoms with Crippen LogP contribution in [0.2, 0.25) is 0 Å². The molecular weight excluding hydrogens is 202 g/mol. The smallest absolute Gasteiger partial charge is 0.352 e. The number of carboxylic acid groups (broad SMARTS) is 1. The van der Waals surface area contributed by atoms with Crippen LogP contribution >= 0.6 is 0 Å². The Balaban J connectivity index is 2.32. The number of carbonyl (C=O) groups is 1. The Labute approximate surface area is 94.0 Å². The number of benzene rings is 1. The Morgan fingerprint density at radius 2 is 1.94 bits per heavy atom. The fourth-order valence-corrected chi connectivity index (χ4v) is 1.79. The minimum absolute atomic E-state index is 0.365. The van der Waals surface area contributed by atoms with Crippen LogP contribution in [0.15, 0.2) is 42.6 Å². The zero-order valence-corrected chi connectivity index (χ0v) is 9.05. The van der Waals surface area contributed by atoms with Gasteiger partial charge in [0.1, 0.15) is 5.69 Å². The van der Waals surface area contributed by atoms with Gasteiger partial charge >= 0.3 is 5.97 Å². The number of aryl methyl sites for hydroxylation is 1. The summed E-state index contributed by atoms with van der Waals surface area (Å²) in [6.07, 6.45) is 1.81. The summed E-state index contributed by atoms with van der Waals surface area (Å²) in [5.41, 5.74) is 2.26. The van der Waals surface area contributed by atoms with Gasteiger partial charge in [0.25, 0.3) is 0 Å². The van der Waals surface area contributed by atoms with Crippen LogP contribution in [0.1, 0.15) is 21.6 Å². The Hall–Kier alpha value is -2.03. The number of aromatic carboxylic acids is 1. The standard InChI is InChI=1S/C13H13NO2/c1-10-7-8-14(12(10)13(15)16)9-11-5-3-2-4-6-11/h2-8H,9H2,1H3,(H,15,16). The van der Waals surface area contributed by atoms with Gasteiger partial charge in [0.15, 0.2) is 0 Å². The molecule has 1 aromatic heterocycles. The van der Waals surface area contributed by atoms with Gasteiger partial charge in [-0.2, -0.15) is 0 Å². The zero-order valence-electron chi connectivity index (χ0n) is 9.05. The first-order chi connectivity index (χ1) is 7.68. The van der Waals surface area contributed by atoms with Crippen molar-refractivity contribution in [2.75, 3.05) is 0 Å². The van der Waals surface area contributed by atoms with Crippen molar-refractivity contribution < 1.29 is 9.90 Å². The first kappa shape index (κ1) is 10.5. The minimum Gasteiger partial charge on any atom is -0.477 e. The second-order valence-electron chi connectivity index (χ2n) is 3.77. The highest BCUT2D eigenvalue weighted by Gasteiger charge is 2.12. The Morgan fingerprint density at radius 1 is 1.25 bits per heavy atom. The summed E-state index contributed by atoms with van der Waals surface area (Å²) < 4.78 is 1.76. The highest BCUT2D eigenvalue weighted by Crippen LogP contribution is 2.12. The third kappa shape index (κ3) is 1.98. The van der Waals surface area contributed by atoms with Crippen LogP contribution in [0.3, 0.4) is 0 Å². The summed E-state index contributed by atoms with van der Waals surface area (Å²) in [6, 6.07) is 11.6. The molecule has 0 amide bonds. The van der Waals surface area contributed by atoms with Gasteiger partial charge in [0, 0.05) is 12.7 Å². The van der Waals surface area contributed by atoms with E-state index in [1.807, 2.05) is 49.5 Å². The SMILES string of the molecule is Cc1ccn(Cc2ccccc2)c1C(=O)O. The fraction of sp³-hybridized carbons (Fsp3) is 0.154. The topological polar surface area (TPSA) is 42.2 Å². The molecule has 0 unspecified atom stereocenters. The number of aromatic nitrogens is 1. The molecule has 0 saturated heterocycles. The van der Waals surface area contributed by atoms with Gasteiger partial charge in [-0.1, -0.05) is 30.3 Å². The van der Waals surface area contributed by atoms with Crippen molar-refractivity contribution in [1.29, 1.82) is 0 Å². The maximum Gasteiger partial charge on any atom is 0.352 e. The average Bonchev–Trinajstić information content (AvgIpc) is 2.61. The summed E-state index contributed by atoms with van der Waals surface area (Å²) in [7, 11) is 0. The Morgan fingerprint density at radius 3 is 2.56 bits per heavy atom. The summed E-state index contributed by atoms with van der Waals surface area (Å²) in [5, 5.41) is 9.09. The van der Waals surface area contributed by atoms with E-state index in [1.165, 1.54) is 0 Å². The van der Waals surface area contributed by atoms with E-state index in [-0.39, 0.29) is 0 Å². The molecule has 3 nitrogen and oxygen atoms in total. The largest absolute Gasteiger partial charge is 0.477 e. The maximum absolute atomic E-state index is 11.1. The van der Waals surface area contributed by atoms with Crippen LogP contribution in [0.25, 0.3) is 0 Å². The molecule has 0 radical (unpaired) electrons. The molecule has 16 heavy (non-hydrogen) atoms. The van der Waals surface area contributed by atoms with Crippen LogP contribution in [-0.2, 0) is 6.54 Å². The van der Waals surface area contributed by atoms with Crippen molar-refractivity contribution in [3.8, 4) is 0 Å². The molecule has 0 aliphatic carbocycles. The van der Waals surface area contributed by atoms with Gasteiger partial charge in [-0.3, -0.25) is 0 Å². The number of carboxylic acids is 1. The quantitative estimate of drug-likeness (QED) is 0.854. The number of hydrogen-bond donors (Lipinski definition) is 1. The maximum atomic E-state index is 11.1. The van der Waals surface area contributed by atoms with Crippen LogP contribution in [-0.4, -0.2) is 15.6 Å². The van der Waals surface area contributed by atoms with Crippen molar-refractivity contribution in [3.05, 3.63) is 59.4 Å². The molecule has 0 aliphatic heterocycles. The molecular formula is C13H13NO2. The molecule has 1 N–H and O–H groups in total. The van der Waals surface area contributed by atoms with Crippen molar-refractivity contribution in [3.63, 3.8) is 0 Å².